The van der Waals surface area contributed by atoms with E-state index in [1.165, 1.54) is 30.2 Å². The summed E-state index contributed by atoms with van der Waals surface area (Å²) in [5.74, 6) is 3.40. The van der Waals surface area contributed by atoms with E-state index in [9.17, 15) is 4.79 Å². The van der Waals surface area contributed by atoms with Crippen molar-refractivity contribution in [2.75, 3.05) is 18.0 Å². The first-order valence-corrected chi connectivity index (χ1v) is 11.9. The minimum absolute atomic E-state index is 0.407. The lowest BCUT2D eigenvalue weighted by Crippen LogP contribution is -2.65. The van der Waals surface area contributed by atoms with Gasteiger partial charge < -0.3 is 9.80 Å². The lowest BCUT2D eigenvalue weighted by Gasteiger charge is -2.57. The number of nitrogens with zero attached hydrogens (tertiary/aromatic N) is 3. The third kappa shape index (κ3) is 3.48. The van der Waals surface area contributed by atoms with Crippen LogP contribution in [0.3, 0.4) is 0 Å². The molecule has 1 aromatic carbocycles. The smallest absolute Gasteiger partial charge is 0.223 e. The minimum Gasteiger partial charge on any atom is -0.356 e. The molecule has 3 saturated heterocycles. The standard InChI is InChI=1S/C26H35N3O/c1-17(2)11-12-24-21-14-20(23-9-6-10-25(30)29(23)24)15-28(16-21)26-18(3)13-19-7-4-5-8-22(19)27-26/h4-5,7-8,13,17,20-21,23-24H,6,9-12,14-16H2,1-3H3/t20-,21+,23+,24+/m1/s1. The van der Waals surface area contributed by atoms with Gasteiger partial charge in [0.1, 0.15) is 5.82 Å². The van der Waals surface area contributed by atoms with Gasteiger partial charge in [-0.25, -0.2) is 4.98 Å². The Hall–Kier alpha value is -2.10. The van der Waals surface area contributed by atoms with Crippen LogP contribution < -0.4 is 4.90 Å². The van der Waals surface area contributed by atoms with E-state index in [0.717, 1.165) is 43.7 Å². The molecule has 4 heteroatoms. The fourth-order valence-corrected chi connectivity index (χ4v) is 6.36. The molecule has 2 aromatic rings. The van der Waals surface area contributed by atoms with Gasteiger partial charge in [0.15, 0.2) is 0 Å². The molecule has 1 aromatic heterocycles. The molecule has 160 valence electrons. The van der Waals surface area contributed by atoms with Crippen LogP contribution in [0.1, 0.15) is 57.9 Å². The summed E-state index contributed by atoms with van der Waals surface area (Å²) in [6.45, 7) is 8.87. The average molecular weight is 406 g/mol. The van der Waals surface area contributed by atoms with Crippen LogP contribution in [0.25, 0.3) is 10.9 Å². The lowest BCUT2D eigenvalue weighted by atomic mass is 9.70. The molecule has 2 bridgehead atoms. The van der Waals surface area contributed by atoms with E-state index in [1.807, 2.05) is 0 Å². The lowest BCUT2D eigenvalue weighted by molar-refractivity contribution is -0.149. The van der Waals surface area contributed by atoms with Crippen LogP contribution in [0.2, 0.25) is 0 Å². The van der Waals surface area contributed by atoms with E-state index >= 15 is 0 Å². The van der Waals surface area contributed by atoms with Gasteiger partial charge in [0, 0.05) is 37.0 Å². The van der Waals surface area contributed by atoms with Crippen LogP contribution >= 0.6 is 0 Å². The summed E-state index contributed by atoms with van der Waals surface area (Å²) in [6, 6.07) is 11.6. The van der Waals surface area contributed by atoms with Crippen molar-refractivity contribution < 1.29 is 4.79 Å². The summed E-state index contributed by atoms with van der Waals surface area (Å²) in [7, 11) is 0. The topological polar surface area (TPSA) is 36.4 Å². The Morgan fingerprint density at radius 1 is 1.17 bits per heavy atom. The number of piperidine rings is 3. The number of pyridine rings is 1. The first-order chi connectivity index (χ1) is 14.5. The molecular formula is C26H35N3O. The van der Waals surface area contributed by atoms with Crippen LogP contribution in [0.15, 0.2) is 30.3 Å². The highest BCUT2D eigenvalue weighted by Gasteiger charge is 2.49. The minimum atomic E-state index is 0.407. The molecule has 3 aliphatic rings. The van der Waals surface area contributed by atoms with Gasteiger partial charge in [-0.1, -0.05) is 32.0 Å². The predicted molar refractivity (Wildman–Crippen MR) is 123 cm³/mol. The van der Waals surface area contributed by atoms with Crippen molar-refractivity contribution in [3.63, 3.8) is 0 Å². The number of fused-ring (bicyclic) bond motifs is 5. The molecule has 1 amide bonds. The molecule has 4 nitrogen and oxygen atoms in total. The third-order valence-electron chi connectivity index (χ3n) is 7.72. The van der Waals surface area contributed by atoms with Crippen LogP contribution in [0, 0.1) is 24.7 Å². The van der Waals surface area contributed by atoms with Crippen molar-refractivity contribution >= 4 is 22.6 Å². The van der Waals surface area contributed by atoms with Crippen LogP contribution in [0.5, 0.6) is 0 Å². The SMILES string of the molecule is Cc1cc2ccccc2nc1N1C[C@H]2C[C@@H](C1)[C@H](CCC(C)C)N1C(=O)CCC[C@@H]21. The molecule has 0 N–H and O–H groups in total. The Morgan fingerprint density at radius 2 is 1.97 bits per heavy atom. The van der Waals surface area contributed by atoms with Gasteiger partial charge in [0.2, 0.25) is 5.91 Å². The summed E-state index contributed by atoms with van der Waals surface area (Å²) < 4.78 is 0. The molecule has 0 radical (unpaired) electrons. The Bertz CT molecular complexity index is 939. The number of aryl methyl sites for hydroxylation is 1. The Morgan fingerprint density at radius 3 is 2.80 bits per heavy atom. The first kappa shape index (κ1) is 19.8. The van der Waals surface area contributed by atoms with E-state index in [0.29, 0.717) is 35.7 Å². The van der Waals surface area contributed by atoms with Crippen LogP contribution in [-0.4, -0.2) is 41.0 Å². The molecule has 0 aliphatic carbocycles. The van der Waals surface area contributed by atoms with Gasteiger partial charge in [0.05, 0.1) is 5.52 Å². The maximum absolute atomic E-state index is 13.0. The highest BCUT2D eigenvalue weighted by atomic mass is 16.2. The number of hydrogen-bond acceptors (Lipinski definition) is 3. The monoisotopic (exact) mass is 405 g/mol. The zero-order chi connectivity index (χ0) is 20.8. The zero-order valence-electron chi connectivity index (χ0n) is 18.7. The highest BCUT2D eigenvalue weighted by molar-refractivity contribution is 5.82. The summed E-state index contributed by atoms with van der Waals surface area (Å²) >= 11 is 0. The van der Waals surface area contributed by atoms with Gasteiger partial charge in [-0.05, 0) is 74.5 Å². The van der Waals surface area contributed by atoms with Crippen molar-refractivity contribution in [2.24, 2.45) is 17.8 Å². The average Bonchev–Trinajstić information content (AvgIpc) is 2.73. The Kier molecular flexibility index (Phi) is 5.20. The molecule has 4 heterocycles. The summed E-state index contributed by atoms with van der Waals surface area (Å²) in [5.41, 5.74) is 2.35. The molecule has 0 unspecified atom stereocenters. The number of hydrogen-bond donors (Lipinski definition) is 0. The number of aromatic nitrogens is 1. The summed E-state index contributed by atoms with van der Waals surface area (Å²) in [5, 5.41) is 1.22. The summed E-state index contributed by atoms with van der Waals surface area (Å²) in [4.78, 5) is 23.0. The van der Waals surface area contributed by atoms with Gasteiger partial charge in [0.25, 0.3) is 0 Å². The van der Waals surface area contributed by atoms with Crippen LogP contribution in [-0.2, 0) is 4.79 Å². The second-order valence-corrected chi connectivity index (χ2v) is 10.3. The van der Waals surface area contributed by atoms with Crippen molar-refractivity contribution in [3.8, 4) is 0 Å². The second kappa shape index (κ2) is 7.86. The van der Waals surface area contributed by atoms with Crippen LogP contribution in [0.4, 0.5) is 5.82 Å². The first-order valence-electron chi connectivity index (χ1n) is 11.9. The van der Waals surface area contributed by atoms with Crippen molar-refractivity contribution in [3.05, 3.63) is 35.9 Å². The maximum Gasteiger partial charge on any atom is 0.223 e. The second-order valence-electron chi connectivity index (χ2n) is 10.3. The van der Waals surface area contributed by atoms with Crippen molar-refractivity contribution in [1.29, 1.82) is 0 Å². The van der Waals surface area contributed by atoms with Gasteiger partial charge in [-0.2, -0.15) is 0 Å². The fraction of sp³-hybridized carbons (Fsp3) is 0.615. The fourth-order valence-electron chi connectivity index (χ4n) is 6.36. The third-order valence-corrected chi connectivity index (χ3v) is 7.72. The van der Waals surface area contributed by atoms with E-state index in [4.69, 9.17) is 4.98 Å². The van der Waals surface area contributed by atoms with Crippen molar-refractivity contribution in [2.45, 2.75) is 71.4 Å². The van der Waals surface area contributed by atoms with E-state index in [-0.39, 0.29) is 0 Å². The largest absolute Gasteiger partial charge is 0.356 e. The molecular weight excluding hydrogens is 370 g/mol. The van der Waals surface area contributed by atoms with Gasteiger partial charge >= 0.3 is 0 Å². The quantitative estimate of drug-likeness (QED) is 0.703. The molecule has 3 fully saturated rings. The Balaban J connectivity index is 1.47. The van der Waals surface area contributed by atoms with E-state index in [1.54, 1.807) is 0 Å². The molecule has 5 rings (SSSR count). The number of rotatable bonds is 4. The summed E-state index contributed by atoms with van der Waals surface area (Å²) in [6.07, 6.45) is 6.62. The number of carbonyl (C=O) groups excluding carboxylic acids is 1. The molecule has 0 spiro atoms. The Labute approximate surface area is 180 Å². The molecule has 30 heavy (non-hydrogen) atoms. The van der Waals surface area contributed by atoms with E-state index < -0.39 is 0 Å². The zero-order valence-corrected chi connectivity index (χ0v) is 18.7. The normalized spacial score (nSPS) is 28.9. The molecule has 0 saturated carbocycles. The molecule has 4 atom stereocenters. The van der Waals surface area contributed by atoms with E-state index in [2.05, 4.69) is 60.9 Å². The number of benzene rings is 1. The number of para-hydroxylation sites is 1. The number of amides is 1. The predicted octanol–water partition coefficient (Wildman–Crippen LogP) is 5.19. The van der Waals surface area contributed by atoms with Gasteiger partial charge in [-0.3, -0.25) is 4.79 Å². The maximum atomic E-state index is 13.0. The number of carbonyl (C=O) groups is 1. The highest BCUT2D eigenvalue weighted by Crippen LogP contribution is 2.44. The van der Waals surface area contributed by atoms with Gasteiger partial charge in [-0.15, -0.1) is 0 Å². The molecule has 3 aliphatic heterocycles. The van der Waals surface area contributed by atoms with Crippen molar-refractivity contribution in [1.82, 2.24) is 9.88 Å². The number of anilines is 1.